The average Bonchev–Trinajstić information content (AvgIpc) is 3.26. The van der Waals surface area contributed by atoms with Crippen LogP contribution in [0.15, 0.2) is 42.6 Å². The van der Waals surface area contributed by atoms with E-state index < -0.39 is 0 Å². The summed E-state index contributed by atoms with van der Waals surface area (Å²) in [4.78, 5) is 13.4. The molecule has 176 valence electrons. The molecule has 1 amide bonds. The maximum absolute atomic E-state index is 13.4. The molecule has 0 spiro atoms. The van der Waals surface area contributed by atoms with Crippen LogP contribution in [0, 0.1) is 6.92 Å². The second kappa shape index (κ2) is 10.9. The Hall–Kier alpha value is -2.74. The Bertz CT molecular complexity index is 1100. The topological polar surface area (TPSA) is 77.4 Å². The second-order valence-electron chi connectivity index (χ2n) is 7.82. The predicted molar refractivity (Wildman–Crippen MR) is 133 cm³/mol. The van der Waals surface area contributed by atoms with E-state index in [4.69, 9.17) is 21.1 Å². The third-order valence-corrected chi connectivity index (χ3v) is 6.26. The number of hydrogen-bond acceptors (Lipinski definition) is 5. The van der Waals surface area contributed by atoms with E-state index in [1.807, 2.05) is 29.8 Å². The van der Waals surface area contributed by atoms with Crippen molar-refractivity contribution in [2.24, 2.45) is 0 Å². The quantitative estimate of drug-likeness (QED) is 0.508. The van der Waals surface area contributed by atoms with Crippen molar-refractivity contribution in [2.45, 2.75) is 25.7 Å². The molecule has 0 saturated carbocycles. The van der Waals surface area contributed by atoms with Crippen LogP contribution < -0.4 is 20.1 Å². The van der Waals surface area contributed by atoms with Crippen LogP contribution in [0.25, 0.3) is 5.69 Å². The zero-order chi connectivity index (χ0) is 22.7. The van der Waals surface area contributed by atoms with Gasteiger partial charge in [-0.05, 0) is 50.6 Å². The number of anilines is 1. The van der Waals surface area contributed by atoms with Crippen molar-refractivity contribution in [3.8, 4) is 17.2 Å². The van der Waals surface area contributed by atoms with Crippen LogP contribution in [0.5, 0.6) is 11.5 Å². The Balaban J connectivity index is 0.00000306. The van der Waals surface area contributed by atoms with E-state index in [0.29, 0.717) is 27.8 Å². The number of halogens is 2. The Morgan fingerprint density at radius 1 is 1.15 bits per heavy atom. The fourth-order valence-corrected chi connectivity index (χ4v) is 4.29. The van der Waals surface area contributed by atoms with Gasteiger partial charge < -0.3 is 20.1 Å². The molecule has 2 heterocycles. The fourth-order valence-electron chi connectivity index (χ4n) is 4.12. The normalized spacial score (nSPS) is 13.8. The minimum absolute atomic E-state index is 0. The predicted octanol–water partition coefficient (Wildman–Crippen LogP) is 4.99. The zero-order valence-electron chi connectivity index (χ0n) is 18.9. The molecule has 4 rings (SSSR count). The fraction of sp³-hybridized carbons (Fsp3) is 0.333. The number of nitrogens with zero attached hydrogens (tertiary/aromatic N) is 2. The minimum Gasteiger partial charge on any atom is -0.497 e. The van der Waals surface area contributed by atoms with Gasteiger partial charge in [0.05, 0.1) is 37.4 Å². The smallest absolute Gasteiger partial charge is 0.259 e. The molecule has 1 aromatic heterocycles. The number of carbonyl (C=O) groups excluding carboxylic acids is 1. The number of aromatic nitrogens is 2. The van der Waals surface area contributed by atoms with Crippen LogP contribution in [-0.2, 0) is 0 Å². The van der Waals surface area contributed by atoms with E-state index in [0.717, 1.165) is 42.9 Å². The van der Waals surface area contributed by atoms with Gasteiger partial charge in [0, 0.05) is 34.8 Å². The molecule has 9 heteroatoms. The minimum atomic E-state index is -0.222. The highest BCUT2D eigenvalue weighted by molar-refractivity contribution is 6.31. The first-order valence-corrected chi connectivity index (χ1v) is 11.0. The number of carbonyl (C=O) groups is 1. The second-order valence-corrected chi connectivity index (χ2v) is 8.23. The van der Waals surface area contributed by atoms with Crippen LogP contribution in [0.2, 0.25) is 5.02 Å². The molecule has 1 saturated heterocycles. The molecule has 0 atom stereocenters. The van der Waals surface area contributed by atoms with Gasteiger partial charge >= 0.3 is 0 Å². The Kier molecular flexibility index (Phi) is 8.24. The lowest BCUT2D eigenvalue weighted by molar-refractivity contribution is 0.102. The number of piperidine rings is 1. The maximum Gasteiger partial charge on any atom is 0.259 e. The lowest BCUT2D eigenvalue weighted by atomic mass is 9.91. The first kappa shape index (κ1) is 24.9. The van der Waals surface area contributed by atoms with E-state index >= 15 is 0 Å². The van der Waals surface area contributed by atoms with Gasteiger partial charge in [0.1, 0.15) is 11.5 Å². The van der Waals surface area contributed by atoms with E-state index in [1.54, 1.807) is 38.6 Å². The Morgan fingerprint density at radius 2 is 1.82 bits per heavy atom. The van der Waals surface area contributed by atoms with Crippen molar-refractivity contribution in [3.63, 3.8) is 0 Å². The highest BCUT2D eigenvalue weighted by Gasteiger charge is 2.28. The summed E-state index contributed by atoms with van der Waals surface area (Å²) in [5, 5.41) is 11.7. The molecular weight excluding hydrogens is 463 g/mol. The van der Waals surface area contributed by atoms with Crippen molar-refractivity contribution in [1.29, 1.82) is 0 Å². The molecule has 33 heavy (non-hydrogen) atoms. The molecule has 7 nitrogen and oxygen atoms in total. The first-order chi connectivity index (χ1) is 15.5. The third kappa shape index (κ3) is 5.27. The molecule has 1 aliphatic heterocycles. The standard InChI is InChI=1S/C24H27ClN4O3.ClH/c1-15-21(25)5-4-6-22(15)29-23(16-7-9-26-10-8-16)20(14-27-29)24(30)28-17-11-18(31-2)13-19(12-17)32-3;/h4-6,11-14,16,26H,7-10H2,1-3H3,(H,28,30);1H. The van der Waals surface area contributed by atoms with Crippen LogP contribution in [0.1, 0.15) is 40.4 Å². The molecule has 3 aromatic rings. The number of hydrogen-bond donors (Lipinski definition) is 2. The van der Waals surface area contributed by atoms with Crippen LogP contribution >= 0.6 is 24.0 Å². The summed E-state index contributed by atoms with van der Waals surface area (Å²) >= 11 is 6.38. The summed E-state index contributed by atoms with van der Waals surface area (Å²) in [5.41, 5.74) is 3.86. The molecule has 2 aromatic carbocycles. The molecular formula is C24H28Cl2N4O3. The SMILES string of the molecule is COc1cc(NC(=O)c2cnn(-c3cccc(Cl)c3C)c2C2CCNCC2)cc(OC)c1.Cl. The lowest BCUT2D eigenvalue weighted by Crippen LogP contribution is -2.29. The Labute approximate surface area is 204 Å². The van der Waals surface area contributed by atoms with E-state index in [1.165, 1.54) is 0 Å². The van der Waals surface area contributed by atoms with Gasteiger partial charge in [-0.1, -0.05) is 17.7 Å². The van der Waals surface area contributed by atoms with E-state index in [2.05, 4.69) is 15.7 Å². The molecule has 1 fully saturated rings. The van der Waals surface area contributed by atoms with Crippen LogP contribution in [0.4, 0.5) is 5.69 Å². The first-order valence-electron chi connectivity index (χ1n) is 10.6. The molecule has 0 radical (unpaired) electrons. The van der Waals surface area contributed by atoms with Gasteiger partial charge in [0.25, 0.3) is 5.91 Å². The van der Waals surface area contributed by atoms with Crippen molar-refractivity contribution in [1.82, 2.24) is 15.1 Å². The summed E-state index contributed by atoms with van der Waals surface area (Å²) in [6, 6.07) is 11.0. The average molecular weight is 491 g/mol. The number of ether oxygens (including phenoxy) is 2. The highest BCUT2D eigenvalue weighted by Crippen LogP contribution is 2.33. The molecule has 2 N–H and O–H groups in total. The zero-order valence-corrected chi connectivity index (χ0v) is 20.4. The van der Waals surface area contributed by atoms with Crippen LogP contribution in [-0.4, -0.2) is 43.0 Å². The maximum atomic E-state index is 13.4. The number of benzene rings is 2. The molecule has 0 unspecified atom stereocenters. The van der Waals surface area contributed by atoms with Crippen molar-refractivity contribution >= 4 is 35.6 Å². The summed E-state index contributed by atoms with van der Waals surface area (Å²) < 4.78 is 12.5. The summed E-state index contributed by atoms with van der Waals surface area (Å²) in [6.45, 7) is 3.77. The largest absolute Gasteiger partial charge is 0.497 e. The highest BCUT2D eigenvalue weighted by atomic mass is 35.5. The molecule has 0 aliphatic carbocycles. The van der Waals surface area contributed by atoms with Crippen molar-refractivity contribution in [3.05, 3.63) is 64.4 Å². The lowest BCUT2D eigenvalue weighted by Gasteiger charge is -2.25. The summed E-state index contributed by atoms with van der Waals surface area (Å²) in [7, 11) is 3.15. The van der Waals surface area contributed by atoms with E-state index in [-0.39, 0.29) is 24.2 Å². The summed E-state index contributed by atoms with van der Waals surface area (Å²) in [5.74, 6) is 1.18. The number of nitrogens with one attached hydrogen (secondary N) is 2. The van der Waals surface area contributed by atoms with Gasteiger partial charge in [-0.15, -0.1) is 12.4 Å². The third-order valence-electron chi connectivity index (χ3n) is 5.85. The van der Waals surface area contributed by atoms with E-state index in [9.17, 15) is 4.79 Å². The van der Waals surface area contributed by atoms with Gasteiger partial charge in [0.15, 0.2) is 0 Å². The van der Waals surface area contributed by atoms with Crippen molar-refractivity contribution in [2.75, 3.05) is 32.6 Å². The van der Waals surface area contributed by atoms with Crippen LogP contribution in [0.3, 0.4) is 0 Å². The number of amides is 1. The molecule has 0 bridgehead atoms. The van der Waals surface area contributed by atoms with Crippen molar-refractivity contribution < 1.29 is 14.3 Å². The monoisotopic (exact) mass is 490 g/mol. The van der Waals surface area contributed by atoms with Gasteiger partial charge in [-0.25, -0.2) is 4.68 Å². The van der Waals surface area contributed by atoms with Gasteiger partial charge in [-0.3, -0.25) is 4.79 Å². The summed E-state index contributed by atoms with van der Waals surface area (Å²) in [6.07, 6.45) is 3.50. The number of rotatable bonds is 6. The number of methoxy groups -OCH3 is 2. The Morgan fingerprint density at radius 3 is 2.45 bits per heavy atom. The van der Waals surface area contributed by atoms with Gasteiger partial charge in [0.2, 0.25) is 0 Å². The van der Waals surface area contributed by atoms with Gasteiger partial charge in [-0.2, -0.15) is 5.10 Å². The molecule has 1 aliphatic rings.